The summed E-state index contributed by atoms with van der Waals surface area (Å²) in [6, 6.07) is 0. The maximum atomic E-state index is 12.0. The van der Waals surface area contributed by atoms with Crippen LogP contribution in [0.15, 0.2) is 15.8 Å². The van der Waals surface area contributed by atoms with Gasteiger partial charge in [0.1, 0.15) is 11.8 Å². The molecule has 1 fully saturated rings. The standard InChI is InChI=1S/C12H15N3O9P2/c13-5-1-2-8-6-15(12(17)14-11(8)16)10-4-3-9(23-10)7-22-26(20,21)24-25(18)19/h6,9-10H,3-5,7,13H2,(H2-,14,16,17,18,19,20,21)/p+1/t9-,10+/m0/s1. The number of ether oxygens (including phenoxy) is 1. The first-order valence-corrected chi connectivity index (χ1v) is 9.87. The Labute approximate surface area is 147 Å². The van der Waals surface area contributed by atoms with Gasteiger partial charge in [0, 0.05) is 10.8 Å². The molecule has 1 aliphatic heterocycles. The van der Waals surface area contributed by atoms with Crippen molar-refractivity contribution in [3.63, 3.8) is 0 Å². The molecule has 1 aliphatic rings. The first kappa shape index (κ1) is 20.6. The summed E-state index contributed by atoms with van der Waals surface area (Å²) >= 11 is 0. The normalized spacial score (nSPS) is 22.3. The van der Waals surface area contributed by atoms with Crippen LogP contribution in [-0.2, 0) is 22.7 Å². The number of phosphoric acid groups is 1. The highest BCUT2D eigenvalue weighted by Gasteiger charge is 2.37. The van der Waals surface area contributed by atoms with Crippen molar-refractivity contribution in [2.45, 2.75) is 25.2 Å². The molecule has 2 unspecified atom stereocenters. The molecule has 4 atom stereocenters. The van der Waals surface area contributed by atoms with Gasteiger partial charge in [-0.25, -0.2) is 9.36 Å². The molecule has 12 nitrogen and oxygen atoms in total. The molecule has 0 spiro atoms. The number of rotatable bonds is 6. The SMILES string of the molecule is NCC#Cc1cn([C@H]2CC[C@@H](COP(=O)(O)O[P+](=O)O)O2)c(=O)[nH]c1=O. The zero-order valence-electron chi connectivity index (χ0n) is 13.2. The van der Waals surface area contributed by atoms with E-state index in [0.29, 0.717) is 12.8 Å². The lowest BCUT2D eigenvalue weighted by Gasteiger charge is -2.16. The molecule has 0 amide bonds. The molecule has 5 N–H and O–H groups in total. The van der Waals surface area contributed by atoms with Crippen LogP contribution >= 0.6 is 16.1 Å². The number of hydrogen-bond donors (Lipinski definition) is 4. The molecule has 0 aromatic carbocycles. The van der Waals surface area contributed by atoms with E-state index in [9.17, 15) is 23.6 Å². The fourth-order valence-corrected chi connectivity index (χ4v) is 3.49. The first-order valence-electron chi connectivity index (χ1n) is 7.25. The van der Waals surface area contributed by atoms with Crippen LogP contribution in [0, 0.1) is 11.8 Å². The Hall–Kier alpha value is -1.67. The minimum Gasteiger partial charge on any atom is -0.352 e. The summed E-state index contributed by atoms with van der Waals surface area (Å²) in [6.07, 6.45) is 0.548. The zero-order chi connectivity index (χ0) is 19.3. The van der Waals surface area contributed by atoms with E-state index in [0.717, 1.165) is 4.57 Å². The van der Waals surface area contributed by atoms with E-state index in [1.54, 1.807) is 0 Å². The average Bonchev–Trinajstić information content (AvgIpc) is 3.00. The van der Waals surface area contributed by atoms with E-state index in [2.05, 4.69) is 25.7 Å². The van der Waals surface area contributed by atoms with E-state index in [-0.39, 0.29) is 12.1 Å². The van der Waals surface area contributed by atoms with Crippen LogP contribution in [0.2, 0.25) is 0 Å². The molecule has 26 heavy (non-hydrogen) atoms. The Balaban J connectivity index is 2.07. The number of H-pyrrole nitrogens is 1. The van der Waals surface area contributed by atoms with Crippen molar-refractivity contribution in [3.8, 4) is 11.8 Å². The number of hydrogen-bond acceptors (Lipinski definition) is 8. The van der Waals surface area contributed by atoms with Crippen LogP contribution in [0.1, 0.15) is 24.6 Å². The van der Waals surface area contributed by atoms with Crippen molar-refractivity contribution in [2.75, 3.05) is 13.2 Å². The second kappa shape index (κ2) is 8.81. The lowest BCUT2D eigenvalue weighted by Crippen LogP contribution is -2.33. The van der Waals surface area contributed by atoms with E-state index < -0.39 is 46.3 Å². The van der Waals surface area contributed by atoms with Crippen LogP contribution < -0.4 is 17.0 Å². The largest absolute Gasteiger partial charge is 0.705 e. The molecule has 14 heteroatoms. The van der Waals surface area contributed by atoms with Gasteiger partial charge in [0.25, 0.3) is 5.56 Å². The van der Waals surface area contributed by atoms with Crippen molar-refractivity contribution in [1.82, 2.24) is 9.55 Å². The number of nitrogens with one attached hydrogen (secondary N) is 1. The van der Waals surface area contributed by atoms with Crippen molar-refractivity contribution in [3.05, 3.63) is 32.6 Å². The minimum atomic E-state index is -4.69. The Bertz CT molecular complexity index is 900. The predicted molar refractivity (Wildman–Crippen MR) is 87.1 cm³/mol. The summed E-state index contributed by atoms with van der Waals surface area (Å²) in [5, 5.41) is 0. The minimum absolute atomic E-state index is 0.0401. The molecular weight excluding hydrogens is 392 g/mol. The smallest absolute Gasteiger partial charge is 0.352 e. The molecule has 0 radical (unpaired) electrons. The van der Waals surface area contributed by atoms with Gasteiger partial charge in [0.05, 0.1) is 19.3 Å². The lowest BCUT2D eigenvalue weighted by atomic mass is 10.2. The van der Waals surface area contributed by atoms with E-state index in [1.807, 2.05) is 0 Å². The highest BCUT2D eigenvalue weighted by atomic mass is 31.2. The quantitative estimate of drug-likeness (QED) is 0.347. The van der Waals surface area contributed by atoms with E-state index in [1.165, 1.54) is 6.20 Å². The Morgan fingerprint density at radius 1 is 1.50 bits per heavy atom. The third kappa shape index (κ3) is 5.67. The molecular formula is C12H16N3O9P2+. The van der Waals surface area contributed by atoms with Gasteiger partial charge in [0.2, 0.25) is 0 Å². The molecule has 142 valence electrons. The summed E-state index contributed by atoms with van der Waals surface area (Å²) in [7, 11) is -7.99. The highest BCUT2D eigenvalue weighted by Crippen LogP contribution is 2.51. The van der Waals surface area contributed by atoms with Crippen LogP contribution in [0.3, 0.4) is 0 Å². The Morgan fingerprint density at radius 3 is 2.88 bits per heavy atom. The molecule has 1 aromatic heterocycles. The third-order valence-electron chi connectivity index (χ3n) is 3.28. The number of nitrogens with two attached hydrogens (primary N) is 1. The molecule has 1 saturated heterocycles. The second-order valence-electron chi connectivity index (χ2n) is 5.09. The fourth-order valence-electron chi connectivity index (χ4n) is 2.24. The molecule has 2 heterocycles. The molecule has 0 saturated carbocycles. The van der Waals surface area contributed by atoms with Crippen molar-refractivity contribution in [1.29, 1.82) is 0 Å². The van der Waals surface area contributed by atoms with Crippen molar-refractivity contribution < 1.29 is 32.5 Å². The maximum Gasteiger partial charge on any atom is 0.705 e. The summed E-state index contributed by atoms with van der Waals surface area (Å²) in [6.45, 7) is -0.355. The summed E-state index contributed by atoms with van der Waals surface area (Å²) < 4.78 is 36.9. The van der Waals surface area contributed by atoms with Gasteiger partial charge in [-0.3, -0.25) is 23.8 Å². The number of phosphoric ester groups is 1. The van der Waals surface area contributed by atoms with Gasteiger partial charge in [-0.15, -0.1) is 4.89 Å². The van der Waals surface area contributed by atoms with Gasteiger partial charge in [-0.1, -0.05) is 11.8 Å². The predicted octanol–water partition coefficient (Wildman–Crippen LogP) is -0.692. The van der Waals surface area contributed by atoms with Gasteiger partial charge in [-0.2, -0.15) is 0 Å². The van der Waals surface area contributed by atoms with Crippen LogP contribution in [0.5, 0.6) is 0 Å². The first-order chi connectivity index (χ1) is 12.2. The number of nitrogens with zero attached hydrogens (tertiary/aromatic N) is 1. The van der Waals surface area contributed by atoms with E-state index in [4.69, 9.17) is 15.4 Å². The van der Waals surface area contributed by atoms with E-state index >= 15 is 0 Å². The fraction of sp³-hybridized carbons (Fsp3) is 0.500. The van der Waals surface area contributed by atoms with Gasteiger partial charge >= 0.3 is 21.8 Å². The Kier molecular flexibility index (Phi) is 7.00. The Morgan fingerprint density at radius 2 is 2.23 bits per heavy atom. The number of aromatic nitrogens is 2. The van der Waals surface area contributed by atoms with Crippen molar-refractivity contribution in [2.24, 2.45) is 5.73 Å². The second-order valence-corrected chi connectivity index (χ2v) is 7.41. The highest BCUT2D eigenvalue weighted by molar-refractivity contribution is 7.55. The molecule has 1 aromatic rings. The summed E-state index contributed by atoms with van der Waals surface area (Å²) in [5.74, 6) is 5.05. The van der Waals surface area contributed by atoms with Crippen LogP contribution in [-0.4, -0.2) is 38.6 Å². The summed E-state index contributed by atoms with van der Waals surface area (Å²) in [5.41, 5.74) is 3.94. The number of aromatic amines is 1. The third-order valence-corrected chi connectivity index (χ3v) is 5.14. The van der Waals surface area contributed by atoms with Gasteiger partial charge in [0.15, 0.2) is 0 Å². The maximum absolute atomic E-state index is 12.0. The van der Waals surface area contributed by atoms with Crippen molar-refractivity contribution >= 4 is 16.1 Å². The monoisotopic (exact) mass is 408 g/mol. The van der Waals surface area contributed by atoms with Gasteiger partial charge in [-0.05, 0) is 17.2 Å². The topological polar surface area (TPSA) is 183 Å². The lowest BCUT2D eigenvalue weighted by molar-refractivity contribution is -0.0240. The zero-order valence-corrected chi connectivity index (χ0v) is 15.0. The molecule has 2 rings (SSSR count). The summed E-state index contributed by atoms with van der Waals surface area (Å²) in [4.78, 5) is 43.4. The molecule has 0 bridgehead atoms. The van der Waals surface area contributed by atoms with Crippen LogP contribution in [0.4, 0.5) is 0 Å². The van der Waals surface area contributed by atoms with Gasteiger partial charge < -0.3 is 10.5 Å². The average molecular weight is 408 g/mol. The van der Waals surface area contributed by atoms with Crippen LogP contribution in [0.25, 0.3) is 0 Å². The molecule has 0 aliphatic carbocycles.